The van der Waals surface area contributed by atoms with Gasteiger partial charge in [-0.2, -0.15) is 0 Å². The topological polar surface area (TPSA) is 111 Å². The third-order valence-electron chi connectivity index (χ3n) is 4.51. The van der Waals surface area contributed by atoms with Crippen LogP contribution in [0.5, 0.6) is 0 Å². The summed E-state index contributed by atoms with van der Waals surface area (Å²) in [5.41, 5.74) is 1.52. The molecule has 0 bridgehead atoms. The van der Waals surface area contributed by atoms with Crippen molar-refractivity contribution in [3.05, 3.63) is 71.3 Å². The number of hydrogen-bond acceptors (Lipinski definition) is 6. The fraction of sp³-hybridized carbons (Fsp3) is 0.400. The van der Waals surface area contributed by atoms with Crippen LogP contribution in [-0.4, -0.2) is 40.9 Å². The number of ether oxygens (including phenoxy) is 3. The number of carbonyl (C=O) groups is 3. The van der Waals surface area contributed by atoms with Gasteiger partial charge in [-0.15, -0.1) is 0 Å². The molecule has 2 aromatic carbocycles. The summed E-state index contributed by atoms with van der Waals surface area (Å²) in [7, 11) is 0. The molecule has 0 aliphatic rings. The Kier molecular flexibility index (Phi) is 9.42. The quantitative estimate of drug-likeness (QED) is 0.521. The molecule has 0 heterocycles. The minimum absolute atomic E-state index is 0.0376. The van der Waals surface area contributed by atoms with Crippen LogP contribution >= 0.6 is 0 Å². The maximum atomic E-state index is 12.8. The molecule has 33 heavy (non-hydrogen) atoms. The van der Waals surface area contributed by atoms with Crippen LogP contribution in [-0.2, 0) is 43.4 Å². The number of carboxylic acid groups (broad SMARTS) is 1. The highest BCUT2D eigenvalue weighted by molar-refractivity contribution is 5.82. The molecule has 2 aromatic rings. The van der Waals surface area contributed by atoms with E-state index in [0.717, 1.165) is 5.56 Å². The third-order valence-corrected chi connectivity index (χ3v) is 4.51. The Balaban J connectivity index is 2.02. The zero-order valence-electron chi connectivity index (χ0n) is 19.4. The van der Waals surface area contributed by atoms with E-state index in [2.05, 4.69) is 5.32 Å². The zero-order chi connectivity index (χ0) is 24.4. The van der Waals surface area contributed by atoms with Crippen LogP contribution in [0, 0.1) is 0 Å². The average molecular weight is 458 g/mol. The van der Waals surface area contributed by atoms with Crippen molar-refractivity contribution in [3.63, 3.8) is 0 Å². The molecule has 0 spiro atoms. The fourth-order valence-electron chi connectivity index (χ4n) is 2.87. The number of hydrogen-bond donors (Lipinski definition) is 2. The van der Waals surface area contributed by atoms with E-state index < -0.39 is 35.8 Å². The van der Waals surface area contributed by atoms with Crippen molar-refractivity contribution < 1.29 is 33.7 Å². The summed E-state index contributed by atoms with van der Waals surface area (Å²) in [6.07, 6.45) is -1.53. The average Bonchev–Trinajstić information content (AvgIpc) is 2.74. The summed E-state index contributed by atoms with van der Waals surface area (Å²) in [5, 5.41) is 11.4. The Labute approximate surface area is 193 Å². The van der Waals surface area contributed by atoms with Gasteiger partial charge in [0.25, 0.3) is 0 Å². The van der Waals surface area contributed by atoms with E-state index in [1.807, 2.05) is 30.3 Å². The highest BCUT2D eigenvalue weighted by Gasteiger charge is 2.31. The van der Waals surface area contributed by atoms with Gasteiger partial charge in [-0.25, -0.2) is 9.59 Å². The van der Waals surface area contributed by atoms with Gasteiger partial charge in [0.05, 0.1) is 19.1 Å². The van der Waals surface area contributed by atoms with Crippen molar-refractivity contribution in [2.24, 2.45) is 0 Å². The molecule has 0 saturated carbocycles. The normalized spacial score (nSPS) is 13.0. The number of carbonyl (C=O) groups excluding carboxylic acids is 2. The van der Waals surface area contributed by atoms with Crippen molar-refractivity contribution in [1.82, 2.24) is 5.32 Å². The molecule has 0 aliphatic heterocycles. The maximum Gasteiger partial charge on any atom is 0.408 e. The summed E-state index contributed by atoms with van der Waals surface area (Å²) in [5.74, 6) is -1.59. The minimum atomic E-state index is -1.09. The lowest BCUT2D eigenvalue weighted by Gasteiger charge is -2.26. The van der Waals surface area contributed by atoms with Crippen molar-refractivity contribution >= 4 is 18.0 Å². The zero-order valence-corrected chi connectivity index (χ0v) is 19.4. The second kappa shape index (κ2) is 12.0. The highest BCUT2D eigenvalue weighted by atomic mass is 16.6. The molecule has 2 atom stereocenters. The number of benzene rings is 2. The summed E-state index contributed by atoms with van der Waals surface area (Å²) in [6.45, 7) is 7.07. The van der Waals surface area contributed by atoms with Crippen LogP contribution in [0.2, 0.25) is 0 Å². The number of carboxylic acids is 1. The van der Waals surface area contributed by atoms with Crippen molar-refractivity contribution in [1.29, 1.82) is 0 Å². The van der Waals surface area contributed by atoms with E-state index in [1.165, 1.54) is 0 Å². The third kappa shape index (κ3) is 9.74. The maximum absolute atomic E-state index is 12.8. The predicted octanol–water partition coefficient (Wildman–Crippen LogP) is 3.86. The van der Waals surface area contributed by atoms with Gasteiger partial charge >= 0.3 is 18.0 Å². The van der Waals surface area contributed by atoms with E-state index in [1.54, 1.807) is 52.0 Å². The van der Waals surface area contributed by atoms with E-state index in [-0.39, 0.29) is 19.6 Å². The second-order valence-corrected chi connectivity index (χ2v) is 8.62. The predicted molar refractivity (Wildman–Crippen MR) is 121 cm³/mol. The largest absolute Gasteiger partial charge is 0.481 e. The number of nitrogens with one attached hydrogen (secondary N) is 1. The van der Waals surface area contributed by atoms with Gasteiger partial charge in [0, 0.05) is 0 Å². The lowest BCUT2D eigenvalue weighted by molar-refractivity contribution is -0.152. The lowest BCUT2D eigenvalue weighted by atomic mass is 10.1. The van der Waals surface area contributed by atoms with Crippen molar-refractivity contribution in [2.45, 2.75) is 65.1 Å². The number of aliphatic carboxylic acids is 1. The molecule has 0 aliphatic carbocycles. The smallest absolute Gasteiger partial charge is 0.408 e. The fourth-order valence-corrected chi connectivity index (χ4v) is 2.87. The summed E-state index contributed by atoms with van der Waals surface area (Å²) in [4.78, 5) is 35.9. The van der Waals surface area contributed by atoms with Gasteiger partial charge in [-0.05, 0) is 44.4 Å². The van der Waals surface area contributed by atoms with E-state index in [4.69, 9.17) is 19.3 Å². The van der Waals surface area contributed by atoms with E-state index in [0.29, 0.717) is 11.1 Å². The van der Waals surface area contributed by atoms with Crippen molar-refractivity contribution in [3.8, 4) is 0 Å². The molecule has 8 nitrogen and oxygen atoms in total. The van der Waals surface area contributed by atoms with Gasteiger partial charge < -0.3 is 24.6 Å². The number of esters is 1. The molecular formula is C25H31NO7. The lowest BCUT2D eigenvalue weighted by Crippen LogP contribution is -2.50. The minimum Gasteiger partial charge on any atom is -0.481 e. The Morgan fingerprint density at radius 1 is 0.909 bits per heavy atom. The highest BCUT2D eigenvalue weighted by Crippen LogP contribution is 2.12. The molecule has 8 heteroatoms. The van der Waals surface area contributed by atoms with E-state index in [9.17, 15) is 14.4 Å². The number of rotatable bonds is 10. The molecule has 0 radical (unpaired) electrons. The van der Waals surface area contributed by atoms with E-state index >= 15 is 0 Å². The number of amides is 1. The molecule has 1 unspecified atom stereocenters. The Hall–Kier alpha value is -3.39. The Bertz CT molecular complexity index is 920. The molecule has 1 amide bonds. The summed E-state index contributed by atoms with van der Waals surface area (Å²) < 4.78 is 16.5. The van der Waals surface area contributed by atoms with Crippen LogP contribution in [0.4, 0.5) is 4.79 Å². The second-order valence-electron chi connectivity index (χ2n) is 8.62. The van der Waals surface area contributed by atoms with Crippen LogP contribution in [0.1, 0.15) is 44.4 Å². The molecule has 178 valence electrons. The summed E-state index contributed by atoms with van der Waals surface area (Å²) in [6, 6.07) is 15.1. The van der Waals surface area contributed by atoms with Gasteiger partial charge in [0.1, 0.15) is 12.2 Å². The summed E-state index contributed by atoms with van der Waals surface area (Å²) >= 11 is 0. The van der Waals surface area contributed by atoms with Crippen LogP contribution in [0.25, 0.3) is 0 Å². The van der Waals surface area contributed by atoms with Gasteiger partial charge in [0.2, 0.25) is 0 Å². The Morgan fingerprint density at radius 2 is 1.48 bits per heavy atom. The molecule has 2 rings (SSSR count). The first-order valence-electron chi connectivity index (χ1n) is 10.6. The SMILES string of the molecule is CC(OCc1ccccc1)[C@H](NC(=O)OC(C)(C)C)C(=O)OCc1ccc(CC(=O)O)cc1. The standard InChI is InChI=1S/C25H31NO7/c1-17(31-15-19-8-6-5-7-9-19)22(26-24(30)33-25(2,3)4)23(29)32-16-20-12-10-18(11-13-20)14-21(27)28/h5-13,17,22H,14-16H2,1-4H3,(H,26,30)(H,27,28)/t17?,22-/m0/s1. The van der Waals surface area contributed by atoms with Crippen LogP contribution in [0.3, 0.4) is 0 Å². The van der Waals surface area contributed by atoms with Gasteiger partial charge in [0.15, 0.2) is 6.04 Å². The first-order valence-corrected chi connectivity index (χ1v) is 10.6. The molecule has 0 saturated heterocycles. The first kappa shape index (κ1) is 25.9. The molecular weight excluding hydrogens is 426 g/mol. The Morgan fingerprint density at radius 3 is 2.06 bits per heavy atom. The van der Waals surface area contributed by atoms with Gasteiger partial charge in [-0.3, -0.25) is 4.79 Å². The van der Waals surface area contributed by atoms with Gasteiger partial charge in [-0.1, -0.05) is 54.6 Å². The van der Waals surface area contributed by atoms with Crippen LogP contribution in [0.15, 0.2) is 54.6 Å². The number of alkyl carbamates (subject to hydrolysis) is 1. The molecule has 2 N–H and O–H groups in total. The molecule has 0 fully saturated rings. The molecule has 0 aromatic heterocycles. The first-order chi connectivity index (χ1) is 15.5. The van der Waals surface area contributed by atoms with Crippen LogP contribution < -0.4 is 5.32 Å². The monoisotopic (exact) mass is 457 g/mol. The van der Waals surface area contributed by atoms with Crippen molar-refractivity contribution in [2.75, 3.05) is 0 Å².